The first-order valence-corrected chi connectivity index (χ1v) is 9.56. The van der Waals surface area contributed by atoms with Gasteiger partial charge in [0.1, 0.15) is 6.10 Å². The van der Waals surface area contributed by atoms with E-state index in [4.69, 9.17) is 9.47 Å². The van der Waals surface area contributed by atoms with Crippen LogP contribution in [0.2, 0.25) is 0 Å². The van der Waals surface area contributed by atoms with Gasteiger partial charge in [0.2, 0.25) is 0 Å². The molecule has 4 nitrogen and oxygen atoms in total. The summed E-state index contributed by atoms with van der Waals surface area (Å²) in [6.45, 7) is 1.85. The maximum Gasteiger partial charge on any atom is 0.194 e. The molecule has 3 aromatic carbocycles. The Balaban J connectivity index is 1.81. The standard InChI is InChI=1S/C25H24O4/c1-19(26)24(28-17-20-11-5-2-6-12-20)25(23(27)22-15-9-4-10-16-22)29-18-21-13-7-3-8-14-21/h2-16,24-25H,17-18H2,1H3/t24-,25-/m0/s1. The highest BCUT2D eigenvalue weighted by Crippen LogP contribution is 2.17. The van der Waals surface area contributed by atoms with Gasteiger partial charge in [0.15, 0.2) is 17.7 Å². The zero-order valence-electron chi connectivity index (χ0n) is 16.4. The third kappa shape index (κ3) is 5.95. The molecule has 0 aromatic heterocycles. The zero-order chi connectivity index (χ0) is 20.5. The van der Waals surface area contributed by atoms with Crippen molar-refractivity contribution in [1.29, 1.82) is 0 Å². The van der Waals surface area contributed by atoms with Gasteiger partial charge in [0.05, 0.1) is 13.2 Å². The molecule has 0 aliphatic rings. The summed E-state index contributed by atoms with van der Waals surface area (Å²) in [4.78, 5) is 25.6. The minimum atomic E-state index is -1.03. The minimum Gasteiger partial charge on any atom is -0.363 e. The maximum atomic E-state index is 13.2. The van der Waals surface area contributed by atoms with E-state index in [1.54, 1.807) is 24.3 Å². The number of carbonyl (C=O) groups excluding carboxylic acids is 2. The molecule has 0 bridgehead atoms. The minimum absolute atomic E-state index is 0.211. The van der Waals surface area contributed by atoms with Crippen molar-refractivity contribution in [2.75, 3.05) is 0 Å². The number of benzene rings is 3. The van der Waals surface area contributed by atoms with Crippen LogP contribution in [0.25, 0.3) is 0 Å². The van der Waals surface area contributed by atoms with Crippen LogP contribution in [-0.4, -0.2) is 23.8 Å². The molecule has 0 aliphatic heterocycles. The average Bonchev–Trinajstić information content (AvgIpc) is 2.77. The smallest absolute Gasteiger partial charge is 0.194 e. The van der Waals surface area contributed by atoms with Gasteiger partial charge in [-0.05, 0) is 18.1 Å². The summed E-state index contributed by atoms with van der Waals surface area (Å²) in [5, 5.41) is 0. The van der Waals surface area contributed by atoms with Crippen molar-refractivity contribution in [3.8, 4) is 0 Å². The molecule has 0 N–H and O–H groups in total. The summed E-state index contributed by atoms with van der Waals surface area (Å²) in [6.07, 6.45) is -2.02. The van der Waals surface area contributed by atoms with Gasteiger partial charge >= 0.3 is 0 Å². The summed E-state index contributed by atoms with van der Waals surface area (Å²) >= 11 is 0. The maximum absolute atomic E-state index is 13.2. The fraction of sp³-hybridized carbons (Fsp3) is 0.200. The first-order chi connectivity index (χ1) is 14.1. The van der Waals surface area contributed by atoms with Crippen molar-refractivity contribution in [2.45, 2.75) is 32.3 Å². The third-order valence-corrected chi connectivity index (χ3v) is 4.54. The molecule has 0 saturated heterocycles. The third-order valence-electron chi connectivity index (χ3n) is 4.54. The van der Waals surface area contributed by atoms with E-state index in [2.05, 4.69) is 0 Å². The fourth-order valence-corrected chi connectivity index (χ4v) is 3.01. The molecule has 2 atom stereocenters. The van der Waals surface area contributed by atoms with Gasteiger partial charge in [-0.15, -0.1) is 0 Å². The Bertz CT molecular complexity index is 907. The highest BCUT2D eigenvalue weighted by molar-refractivity contribution is 6.03. The highest BCUT2D eigenvalue weighted by Gasteiger charge is 2.34. The van der Waals surface area contributed by atoms with E-state index >= 15 is 0 Å². The molecule has 3 aromatic rings. The van der Waals surface area contributed by atoms with Gasteiger partial charge in [0.25, 0.3) is 0 Å². The van der Waals surface area contributed by atoms with E-state index in [-0.39, 0.29) is 24.8 Å². The lowest BCUT2D eigenvalue weighted by atomic mass is 9.99. The second-order valence-electron chi connectivity index (χ2n) is 6.78. The summed E-state index contributed by atoms with van der Waals surface area (Å²) < 4.78 is 11.8. The predicted molar refractivity (Wildman–Crippen MR) is 111 cm³/mol. The van der Waals surface area contributed by atoms with Gasteiger partial charge in [-0.2, -0.15) is 0 Å². The van der Waals surface area contributed by atoms with Gasteiger partial charge < -0.3 is 9.47 Å². The first kappa shape index (κ1) is 20.6. The van der Waals surface area contributed by atoms with Gasteiger partial charge in [-0.1, -0.05) is 91.0 Å². The molecular weight excluding hydrogens is 364 g/mol. The monoisotopic (exact) mass is 388 g/mol. The van der Waals surface area contributed by atoms with Crippen LogP contribution < -0.4 is 0 Å². The molecule has 0 unspecified atom stereocenters. The second kappa shape index (κ2) is 10.5. The Morgan fingerprint density at radius 2 is 1.07 bits per heavy atom. The number of hydrogen-bond donors (Lipinski definition) is 0. The van der Waals surface area contributed by atoms with Gasteiger partial charge in [-0.3, -0.25) is 9.59 Å². The lowest BCUT2D eigenvalue weighted by Crippen LogP contribution is -2.42. The Morgan fingerprint density at radius 1 is 0.655 bits per heavy atom. The van der Waals surface area contributed by atoms with Crippen molar-refractivity contribution in [2.24, 2.45) is 0 Å². The SMILES string of the molecule is CC(=O)[C@H](OCc1ccccc1)[C@@H](OCc1ccccc1)C(=O)c1ccccc1. The van der Waals surface area contributed by atoms with E-state index in [1.165, 1.54) is 6.92 Å². The topological polar surface area (TPSA) is 52.6 Å². The number of carbonyl (C=O) groups is 2. The summed E-state index contributed by atoms with van der Waals surface area (Å²) in [5.74, 6) is -0.516. The Labute approximate surface area is 171 Å². The van der Waals surface area contributed by atoms with Gasteiger partial charge in [0, 0.05) is 5.56 Å². The lowest BCUT2D eigenvalue weighted by Gasteiger charge is -2.25. The molecule has 29 heavy (non-hydrogen) atoms. The van der Waals surface area contributed by atoms with Crippen LogP contribution in [-0.2, 0) is 27.5 Å². The van der Waals surface area contributed by atoms with E-state index in [0.717, 1.165) is 11.1 Å². The van der Waals surface area contributed by atoms with Crippen LogP contribution in [0.3, 0.4) is 0 Å². The van der Waals surface area contributed by atoms with Crippen molar-refractivity contribution >= 4 is 11.6 Å². The predicted octanol–water partition coefficient (Wildman–Crippen LogP) is 4.63. The van der Waals surface area contributed by atoms with Crippen molar-refractivity contribution in [3.63, 3.8) is 0 Å². The number of Topliss-reactive ketones (excluding diaryl/α,β-unsaturated/α-hetero) is 2. The Kier molecular flexibility index (Phi) is 7.45. The molecule has 4 heteroatoms. The number of ether oxygens (including phenoxy) is 2. The number of hydrogen-bond acceptors (Lipinski definition) is 4. The summed E-state index contributed by atoms with van der Waals surface area (Å²) in [5.41, 5.74) is 2.33. The van der Waals surface area contributed by atoms with Crippen LogP contribution >= 0.6 is 0 Å². The fourth-order valence-electron chi connectivity index (χ4n) is 3.01. The van der Waals surface area contributed by atoms with Crippen LogP contribution in [0.5, 0.6) is 0 Å². The van der Waals surface area contributed by atoms with E-state index in [0.29, 0.717) is 5.56 Å². The van der Waals surface area contributed by atoms with E-state index in [9.17, 15) is 9.59 Å². The first-order valence-electron chi connectivity index (χ1n) is 9.56. The average molecular weight is 388 g/mol. The molecule has 148 valence electrons. The zero-order valence-corrected chi connectivity index (χ0v) is 16.4. The highest BCUT2D eigenvalue weighted by atomic mass is 16.5. The number of rotatable bonds is 10. The van der Waals surface area contributed by atoms with E-state index in [1.807, 2.05) is 66.7 Å². The van der Waals surface area contributed by atoms with Crippen LogP contribution in [0, 0.1) is 0 Å². The van der Waals surface area contributed by atoms with Gasteiger partial charge in [-0.25, -0.2) is 0 Å². The molecular formula is C25H24O4. The lowest BCUT2D eigenvalue weighted by molar-refractivity contribution is -0.139. The summed E-state index contributed by atoms with van der Waals surface area (Å²) in [7, 11) is 0. The van der Waals surface area contributed by atoms with Crippen LogP contribution in [0.1, 0.15) is 28.4 Å². The molecule has 0 amide bonds. The molecule has 0 heterocycles. The largest absolute Gasteiger partial charge is 0.363 e. The van der Waals surface area contributed by atoms with Crippen molar-refractivity contribution in [3.05, 3.63) is 108 Å². The van der Waals surface area contributed by atoms with Crippen LogP contribution in [0.15, 0.2) is 91.0 Å². The molecule has 0 spiro atoms. The van der Waals surface area contributed by atoms with Crippen LogP contribution in [0.4, 0.5) is 0 Å². The molecule has 0 saturated carbocycles. The molecule has 3 rings (SSSR count). The van der Waals surface area contributed by atoms with E-state index < -0.39 is 12.2 Å². The van der Waals surface area contributed by atoms with Crippen molar-refractivity contribution in [1.82, 2.24) is 0 Å². The molecule has 0 aliphatic carbocycles. The molecule has 0 radical (unpaired) electrons. The second-order valence-corrected chi connectivity index (χ2v) is 6.78. The molecule has 0 fully saturated rings. The Hall–Kier alpha value is -3.08. The normalized spacial score (nSPS) is 12.9. The Morgan fingerprint density at radius 3 is 1.52 bits per heavy atom. The number of ketones is 2. The summed E-state index contributed by atoms with van der Waals surface area (Å²) in [6, 6.07) is 27.9. The quantitative estimate of drug-likeness (QED) is 0.475. The van der Waals surface area contributed by atoms with Crippen molar-refractivity contribution < 1.29 is 19.1 Å².